The average Bonchev–Trinajstić information content (AvgIpc) is 2.54. The molecule has 1 unspecified atom stereocenters. The van der Waals surface area contributed by atoms with Crippen LogP contribution in [0.15, 0.2) is 30.3 Å². The number of piperazine rings is 1. The third-order valence-electron chi connectivity index (χ3n) is 3.77. The van der Waals surface area contributed by atoms with Crippen LogP contribution in [0.4, 0.5) is 0 Å². The van der Waals surface area contributed by atoms with E-state index in [1.165, 1.54) is 0 Å². The van der Waals surface area contributed by atoms with E-state index in [1.807, 2.05) is 42.2 Å². The van der Waals surface area contributed by atoms with Gasteiger partial charge < -0.3 is 14.7 Å². The summed E-state index contributed by atoms with van der Waals surface area (Å²) in [5, 5.41) is 8.94. The normalized spacial score (nSPS) is 17.5. The van der Waals surface area contributed by atoms with Crippen molar-refractivity contribution in [3.63, 3.8) is 0 Å². The molecule has 1 amide bonds. The van der Waals surface area contributed by atoms with Crippen LogP contribution in [0.25, 0.3) is 0 Å². The lowest BCUT2D eigenvalue weighted by Gasteiger charge is -2.36. The summed E-state index contributed by atoms with van der Waals surface area (Å²) in [4.78, 5) is 16.6. The zero-order valence-electron chi connectivity index (χ0n) is 12.6. The summed E-state index contributed by atoms with van der Waals surface area (Å²) in [7, 11) is 0. The van der Waals surface area contributed by atoms with Gasteiger partial charge in [0.1, 0.15) is 5.75 Å². The smallest absolute Gasteiger partial charge is 0.263 e. The van der Waals surface area contributed by atoms with E-state index in [0.29, 0.717) is 26.1 Å². The number of carbonyl (C=O) groups is 1. The molecule has 1 heterocycles. The van der Waals surface area contributed by atoms with E-state index in [2.05, 4.69) is 4.90 Å². The first-order chi connectivity index (χ1) is 10.2. The molecule has 116 valence electrons. The highest BCUT2D eigenvalue weighted by Crippen LogP contribution is 2.15. The second kappa shape index (κ2) is 8.00. The van der Waals surface area contributed by atoms with Crippen molar-refractivity contribution >= 4 is 5.91 Å². The van der Waals surface area contributed by atoms with Crippen LogP contribution in [0, 0.1) is 0 Å². The van der Waals surface area contributed by atoms with Crippen molar-refractivity contribution in [2.45, 2.75) is 19.4 Å². The molecule has 5 nitrogen and oxygen atoms in total. The monoisotopic (exact) mass is 292 g/mol. The third-order valence-corrected chi connectivity index (χ3v) is 3.77. The fraction of sp³-hybridized carbons (Fsp3) is 0.562. The van der Waals surface area contributed by atoms with Crippen molar-refractivity contribution in [3.8, 4) is 5.75 Å². The Labute approximate surface area is 126 Å². The standard InChI is InChI=1S/C16H24N2O3/c1-2-15(21-14-6-4-3-5-7-14)16(20)18-10-8-17(9-11-18)12-13-19/h3-7,15,19H,2,8-13H2,1H3. The maximum absolute atomic E-state index is 12.5. The van der Waals surface area contributed by atoms with Crippen LogP contribution >= 0.6 is 0 Å². The minimum absolute atomic E-state index is 0.0602. The molecule has 0 bridgehead atoms. The zero-order chi connectivity index (χ0) is 15.1. The summed E-state index contributed by atoms with van der Waals surface area (Å²) in [6.45, 7) is 5.85. The van der Waals surface area contributed by atoms with Crippen LogP contribution in [0.1, 0.15) is 13.3 Å². The van der Waals surface area contributed by atoms with E-state index in [4.69, 9.17) is 9.84 Å². The van der Waals surface area contributed by atoms with Crippen molar-refractivity contribution in [3.05, 3.63) is 30.3 Å². The first-order valence-electron chi connectivity index (χ1n) is 7.58. The van der Waals surface area contributed by atoms with Gasteiger partial charge in [-0.3, -0.25) is 9.69 Å². The molecule has 0 saturated carbocycles. The van der Waals surface area contributed by atoms with E-state index in [-0.39, 0.29) is 12.5 Å². The first-order valence-corrected chi connectivity index (χ1v) is 7.58. The number of nitrogens with zero attached hydrogens (tertiary/aromatic N) is 2. The van der Waals surface area contributed by atoms with Gasteiger partial charge in [-0.25, -0.2) is 0 Å². The Balaban J connectivity index is 1.89. The summed E-state index contributed by atoms with van der Waals surface area (Å²) in [6, 6.07) is 9.47. The van der Waals surface area contributed by atoms with E-state index >= 15 is 0 Å². The molecule has 0 aromatic heterocycles. The number of hydrogen-bond donors (Lipinski definition) is 1. The molecule has 1 atom stereocenters. The summed E-state index contributed by atoms with van der Waals surface area (Å²) in [5.41, 5.74) is 0. The highest BCUT2D eigenvalue weighted by Gasteiger charge is 2.27. The minimum atomic E-state index is -0.420. The summed E-state index contributed by atoms with van der Waals surface area (Å²) in [6.07, 6.45) is 0.238. The summed E-state index contributed by atoms with van der Waals surface area (Å²) in [5.74, 6) is 0.793. The number of amides is 1. The van der Waals surface area contributed by atoms with Crippen molar-refractivity contribution in [2.24, 2.45) is 0 Å². The molecule has 21 heavy (non-hydrogen) atoms. The second-order valence-corrected chi connectivity index (χ2v) is 5.22. The van der Waals surface area contributed by atoms with Crippen LogP contribution in [0.5, 0.6) is 5.75 Å². The molecule has 1 aliphatic heterocycles. The van der Waals surface area contributed by atoms with Gasteiger partial charge in [-0.15, -0.1) is 0 Å². The Morgan fingerprint density at radius 2 is 1.90 bits per heavy atom. The molecule has 1 saturated heterocycles. The van der Waals surface area contributed by atoms with Crippen molar-refractivity contribution in [1.82, 2.24) is 9.80 Å². The highest BCUT2D eigenvalue weighted by molar-refractivity contribution is 5.81. The van der Waals surface area contributed by atoms with Gasteiger partial charge in [0.05, 0.1) is 6.61 Å². The molecule has 0 radical (unpaired) electrons. The predicted molar refractivity (Wildman–Crippen MR) is 81.3 cm³/mol. The van der Waals surface area contributed by atoms with Crippen molar-refractivity contribution in [2.75, 3.05) is 39.3 Å². The van der Waals surface area contributed by atoms with Gasteiger partial charge >= 0.3 is 0 Å². The molecule has 1 fully saturated rings. The van der Waals surface area contributed by atoms with Crippen molar-refractivity contribution in [1.29, 1.82) is 0 Å². The largest absolute Gasteiger partial charge is 0.481 e. The van der Waals surface area contributed by atoms with E-state index in [9.17, 15) is 4.79 Å². The van der Waals surface area contributed by atoms with Crippen LogP contribution in [0.3, 0.4) is 0 Å². The number of ether oxygens (including phenoxy) is 1. The van der Waals surface area contributed by atoms with Crippen LogP contribution in [-0.4, -0.2) is 66.2 Å². The summed E-state index contributed by atoms with van der Waals surface area (Å²) < 4.78 is 5.81. The highest BCUT2D eigenvalue weighted by atomic mass is 16.5. The van der Waals surface area contributed by atoms with Gasteiger partial charge in [0.25, 0.3) is 5.91 Å². The molecular weight excluding hydrogens is 268 g/mol. The molecule has 1 aromatic rings. The summed E-state index contributed by atoms with van der Waals surface area (Å²) >= 11 is 0. The first kappa shape index (κ1) is 15.8. The van der Waals surface area contributed by atoms with E-state index in [0.717, 1.165) is 18.8 Å². The number of aliphatic hydroxyl groups is 1. The number of β-amino-alcohol motifs (C(OH)–C–C–N with tert-alkyl or cyclic N) is 1. The van der Waals surface area contributed by atoms with Crippen molar-refractivity contribution < 1.29 is 14.6 Å². The molecule has 0 aliphatic carbocycles. The Morgan fingerprint density at radius 1 is 1.24 bits per heavy atom. The van der Waals surface area contributed by atoms with Crippen LogP contribution in [-0.2, 0) is 4.79 Å². The predicted octanol–water partition coefficient (Wildman–Crippen LogP) is 0.980. The minimum Gasteiger partial charge on any atom is -0.481 e. The molecule has 5 heteroatoms. The molecule has 0 spiro atoms. The van der Waals surface area contributed by atoms with Gasteiger partial charge in [0.15, 0.2) is 6.10 Å². The van der Waals surface area contributed by atoms with Crippen LogP contribution in [0.2, 0.25) is 0 Å². The number of aliphatic hydroxyl groups excluding tert-OH is 1. The van der Waals surface area contributed by atoms with Gasteiger partial charge in [-0.2, -0.15) is 0 Å². The number of carbonyl (C=O) groups excluding carboxylic acids is 1. The molecule has 2 rings (SSSR count). The molecule has 1 aromatic carbocycles. The quantitative estimate of drug-likeness (QED) is 0.849. The lowest BCUT2D eigenvalue weighted by atomic mass is 10.2. The maximum atomic E-state index is 12.5. The van der Waals surface area contributed by atoms with Crippen LogP contribution < -0.4 is 4.74 Å². The number of benzene rings is 1. The number of rotatable bonds is 6. The lowest BCUT2D eigenvalue weighted by Crippen LogP contribution is -2.52. The second-order valence-electron chi connectivity index (χ2n) is 5.22. The third kappa shape index (κ3) is 4.44. The van der Waals surface area contributed by atoms with Gasteiger partial charge in [0.2, 0.25) is 0 Å². The Kier molecular flexibility index (Phi) is 6.02. The Hall–Kier alpha value is -1.59. The molecule has 1 N–H and O–H groups in total. The van der Waals surface area contributed by atoms with Gasteiger partial charge in [-0.05, 0) is 18.6 Å². The van der Waals surface area contributed by atoms with E-state index in [1.54, 1.807) is 0 Å². The fourth-order valence-corrected chi connectivity index (χ4v) is 2.51. The van der Waals surface area contributed by atoms with Gasteiger partial charge in [0, 0.05) is 32.7 Å². The Morgan fingerprint density at radius 3 is 2.48 bits per heavy atom. The number of para-hydroxylation sites is 1. The fourth-order valence-electron chi connectivity index (χ4n) is 2.51. The molecule has 1 aliphatic rings. The maximum Gasteiger partial charge on any atom is 0.263 e. The zero-order valence-corrected chi connectivity index (χ0v) is 12.6. The number of hydrogen-bond acceptors (Lipinski definition) is 4. The average molecular weight is 292 g/mol. The lowest BCUT2D eigenvalue weighted by molar-refractivity contribution is -0.140. The SMILES string of the molecule is CCC(Oc1ccccc1)C(=O)N1CCN(CCO)CC1. The topological polar surface area (TPSA) is 53.0 Å². The molecular formula is C16H24N2O3. The van der Waals surface area contributed by atoms with E-state index < -0.39 is 6.10 Å². The Bertz CT molecular complexity index is 430. The van der Waals surface area contributed by atoms with Gasteiger partial charge in [-0.1, -0.05) is 25.1 Å².